The van der Waals surface area contributed by atoms with Gasteiger partial charge in [-0.05, 0) is 18.2 Å². The molecule has 8 nitrogen and oxygen atoms in total. The van der Waals surface area contributed by atoms with Crippen LogP contribution in [-0.2, 0) is 21.4 Å². The highest BCUT2D eigenvalue weighted by Gasteiger charge is 2.18. The van der Waals surface area contributed by atoms with E-state index in [1.165, 1.54) is 12.1 Å². The van der Waals surface area contributed by atoms with Gasteiger partial charge < -0.3 is 9.26 Å². The van der Waals surface area contributed by atoms with E-state index in [1.807, 2.05) is 30.3 Å². The zero-order valence-electron chi connectivity index (χ0n) is 13.1. The predicted octanol–water partition coefficient (Wildman–Crippen LogP) is 2.39. The molecule has 26 heavy (non-hydrogen) atoms. The third kappa shape index (κ3) is 4.07. The number of sulfonamides is 1. The van der Waals surface area contributed by atoms with Crippen molar-refractivity contribution in [2.24, 2.45) is 5.14 Å². The lowest BCUT2D eigenvalue weighted by atomic mass is 10.2. The Bertz CT molecular complexity index is 1050. The highest BCUT2D eigenvalue weighted by Crippen LogP contribution is 2.22. The molecule has 0 aliphatic heterocycles. The summed E-state index contributed by atoms with van der Waals surface area (Å²) >= 11 is 5.77. The highest BCUT2D eigenvalue weighted by molar-refractivity contribution is 7.89. The number of primary sulfonamides is 1. The number of aromatic nitrogens is 2. The number of benzene rings is 2. The van der Waals surface area contributed by atoms with E-state index in [9.17, 15) is 13.2 Å². The van der Waals surface area contributed by atoms with E-state index < -0.39 is 16.0 Å². The van der Waals surface area contributed by atoms with Gasteiger partial charge in [0.25, 0.3) is 5.89 Å². The predicted molar refractivity (Wildman–Crippen MR) is 91.7 cm³/mol. The van der Waals surface area contributed by atoms with Crippen LogP contribution < -0.4 is 5.14 Å². The smallest absolute Gasteiger partial charge is 0.338 e. The zero-order chi connectivity index (χ0) is 18.7. The van der Waals surface area contributed by atoms with Crippen molar-refractivity contribution in [1.82, 2.24) is 10.1 Å². The van der Waals surface area contributed by atoms with Crippen LogP contribution in [-0.4, -0.2) is 24.5 Å². The maximum Gasteiger partial charge on any atom is 0.338 e. The second-order valence-electron chi connectivity index (χ2n) is 5.14. The Morgan fingerprint density at radius 1 is 1.19 bits per heavy atom. The first-order valence-electron chi connectivity index (χ1n) is 7.22. The molecule has 0 aliphatic rings. The van der Waals surface area contributed by atoms with Gasteiger partial charge in [0.05, 0.1) is 10.6 Å². The molecule has 0 atom stereocenters. The minimum atomic E-state index is -4.06. The Morgan fingerprint density at radius 3 is 2.62 bits per heavy atom. The van der Waals surface area contributed by atoms with Crippen LogP contribution in [0.2, 0.25) is 5.02 Å². The number of halogens is 1. The number of ether oxygens (including phenoxy) is 1. The van der Waals surface area contributed by atoms with Crippen LogP contribution in [0, 0.1) is 0 Å². The van der Waals surface area contributed by atoms with Gasteiger partial charge in [-0.3, -0.25) is 0 Å². The van der Waals surface area contributed by atoms with E-state index in [4.69, 9.17) is 26.0 Å². The molecule has 0 unspecified atom stereocenters. The molecule has 2 aromatic carbocycles. The molecule has 3 aromatic rings. The fourth-order valence-corrected chi connectivity index (χ4v) is 3.15. The molecule has 1 aromatic heterocycles. The van der Waals surface area contributed by atoms with Gasteiger partial charge in [-0.2, -0.15) is 4.98 Å². The largest absolute Gasteiger partial charge is 0.452 e. The fraction of sp³-hybridized carbons (Fsp3) is 0.0625. The SMILES string of the molecule is NS(=O)(=O)c1cc(C(=O)OCc2nc(-c3ccccc3)no2)ccc1Cl. The summed E-state index contributed by atoms with van der Waals surface area (Å²) in [5, 5.41) is 8.77. The van der Waals surface area contributed by atoms with Crippen LogP contribution >= 0.6 is 11.6 Å². The lowest BCUT2D eigenvalue weighted by molar-refractivity contribution is 0.0429. The zero-order valence-corrected chi connectivity index (χ0v) is 14.7. The summed E-state index contributed by atoms with van der Waals surface area (Å²) in [7, 11) is -4.06. The highest BCUT2D eigenvalue weighted by atomic mass is 35.5. The van der Waals surface area contributed by atoms with Gasteiger partial charge in [0.2, 0.25) is 15.8 Å². The summed E-state index contributed by atoms with van der Waals surface area (Å²) in [6.07, 6.45) is 0. The van der Waals surface area contributed by atoms with Crippen molar-refractivity contribution in [2.45, 2.75) is 11.5 Å². The minimum absolute atomic E-state index is 0.0266. The molecule has 0 aliphatic carbocycles. The third-order valence-electron chi connectivity index (χ3n) is 3.30. The van der Waals surface area contributed by atoms with Crippen LogP contribution in [0.4, 0.5) is 0 Å². The summed E-state index contributed by atoms with van der Waals surface area (Å²) in [5.41, 5.74) is 0.727. The summed E-state index contributed by atoms with van der Waals surface area (Å²) in [6.45, 7) is -0.272. The van der Waals surface area contributed by atoms with Gasteiger partial charge in [-0.1, -0.05) is 47.1 Å². The average molecular weight is 394 g/mol. The number of rotatable bonds is 5. The topological polar surface area (TPSA) is 125 Å². The lowest BCUT2D eigenvalue weighted by Crippen LogP contribution is -2.14. The van der Waals surface area contributed by atoms with Gasteiger partial charge in [-0.25, -0.2) is 18.4 Å². The lowest BCUT2D eigenvalue weighted by Gasteiger charge is -2.05. The fourth-order valence-electron chi connectivity index (χ4n) is 2.08. The average Bonchev–Trinajstić information content (AvgIpc) is 3.09. The normalized spacial score (nSPS) is 11.3. The quantitative estimate of drug-likeness (QED) is 0.659. The van der Waals surface area contributed by atoms with Gasteiger partial charge in [-0.15, -0.1) is 0 Å². The Kier molecular flexibility index (Phi) is 5.03. The van der Waals surface area contributed by atoms with E-state index in [1.54, 1.807) is 0 Å². The van der Waals surface area contributed by atoms with Crippen molar-refractivity contribution < 1.29 is 22.5 Å². The van der Waals surface area contributed by atoms with Gasteiger partial charge in [0, 0.05) is 5.56 Å². The number of carbonyl (C=O) groups excluding carboxylic acids is 1. The second kappa shape index (κ2) is 7.24. The van der Waals surface area contributed by atoms with E-state index in [0.717, 1.165) is 11.6 Å². The minimum Gasteiger partial charge on any atom is -0.452 e. The molecule has 0 spiro atoms. The maximum absolute atomic E-state index is 12.1. The molecule has 0 bridgehead atoms. The molecule has 134 valence electrons. The summed E-state index contributed by atoms with van der Waals surface area (Å²) in [5.74, 6) is -0.330. The van der Waals surface area contributed by atoms with Crippen LogP contribution in [0.3, 0.4) is 0 Å². The first kappa shape index (κ1) is 18.1. The molecule has 0 saturated carbocycles. The number of hydrogen-bond acceptors (Lipinski definition) is 7. The van der Waals surface area contributed by atoms with Crippen molar-refractivity contribution in [2.75, 3.05) is 0 Å². The summed E-state index contributed by atoms with van der Waals surface area (Å²) < 4.78 is 33.0. The van der Waals surface area contributed by atoms with Crippen LogP contribution in [0.5, 0.6) is 0 Å². The number of nitrogens with two attached hydrogens (primary N) is 1. The molecular formula is C16H12ClN3O5S. The molecule has 1 heterocycles. The van der Waals surface area contributed by atoms with E-state index >= 15 is 0 Å². The second-order valence-corrected chi connectivity index (χ2v) is 7.08. The molecular weight excluding hydrogens is 382 g/mol. The van der Waals surface area contributed by atoms with Crippen molar-refractivity contribution in [3.63, 3.8) is 0 Å². The Hall–Kier alpha value is -2.75. The number of nitrogens with zero attached hydrogens (tertiary/aromatic N) is 2. The first-order valence-corrected chi connectivity index (χ1v) is 9.14. The Balaban J connectivity index is 1.71. The van der Waals surface area contributed by atoms with Crippen molar-refractivity contribution >= 4 is 27.6 Å². The van der Waals surface area contributed by atoms with Crippen LogP contribution in [0.15, 0.2) is 57.9 Å². The number of carbonyl (C=O) groups is 1. The molecule has 0 saturated heterocycles. The summed E-state index contributed by atoms with van der Waals surface area (Å²) in [4.78, 5) is 15.9. The standard InChI is InChI=1S/C16H12ClN3O5S/c17-12-7-6-11(8-13(12)26(18,22)23)16(21)24-9-14-19-15(20-25-14)10-4-2-1-3-5-10/h1-8H,9H2,(H2,18,22,23). The molecule has 0 amide bonds. The van der Waals surface area contributed by atoms with E-state index in [-0.39, 0.29) is 28.0 Å². The molecule has 3 rings (SSSR count). The van der Waals surface area contributed by atoms with Gasteiger partial charge in [0.15, 0.2) is 6.61 Å². The van der Waals surface area contributed by atoms with Crippen molar-refractivity contribution in [3.05, 3.63) is 65.0 Å². The Morgan fingerprint density at radius 2 is 1.92 bits per heavy atom. The van der Waals surface area contributed by atoms with Crippen LogP contribution in [0.1, 0.15) is 16.2 Å². The number of esters is 1. The van der Waals surface area contributed by atoms with Crippen LogP contribution in [0.25, 0.3) is 11.4 Å². The monoisotopic (exact) mass is 393 g/mol. The molecule has 0 fully saturated rings. The Labute approximate surface area is 153 Å². The van der Waals surface area contributed by atoms with E-state index in [0.29, 0.717) is 5.82 Å². The van der Waals surface area contributed by atoms with E-state index in [2.05, 4.69) is 10.1 Å². The molecule has 10 heteroatoms. The van der Waals surface area contributed by atoms with Crippen molar-refractivity contribution in [1.29, 1.82) is 0 Å². The third-order valence-corrected chi connectivity index (χ3v) is 4.69. The van der Waals surface area contributed by atoms with Gasteiger partial charge in [0.1, 0.15) is 4.90 Å². The summed E-state index contributed by atoms with van der Waals surface area (Å²) in [6, 6.07) is 12.7. The first-order chi connectivity index (χ1) is 12.3. The number of hydrogen-bond donors (Lipinski definition) is 1. The van der Waals surface area contributed by atoms with Gasteiger partial charge >= 0.3 is 5.97 Å². The van der Waals surface area contributed by atoms with Crippen molar-refractivity contribution in [3.8, 4) is 11.4 Å². The molecule has 2 N–H and O–H groups in total. The maximum atomic E-state index is 12.1. The molecule has 0 radical (unpaired) electrons.